The van der Waals surface area contributed by atoms with Crippen LogP contribution in [0.4, 0.5) is 13.2 Å². The number of ether oxygens (including phenoxy) is 1. The molecular formula is C10H14F3NO4. The lowest BCUT2D eigenvalue weighted by Gasteiger charge is -2.36. The highest BCUT2D eigenvalue weighted by atomic mass is 19.4. The van der Waals surface area contributed by atoms with Crippen molar-refractivity contribution in [1.82, 2.24) is 5.06 Å². The molecular weight excluding hydrogens is 255 g/mol. The second kappa shape index (κ2) is 4.36. The second-order valence-electron chi connectivity index (χ2n) is 4.48. The third kappa shape index (κ3) is 1.79. The van der Waals surface area contributed by atoms with Crippen LogP contribution in [0.25, 0.3) is 0 Å². The average molecular weight is 269 g/mol. The first-order valence-electron chi connectivity index (χ1n) is 5.62. The van der Waals surface area contributed by atoms with E-state index in [9.17, 15) is 23.1 Å². The van der Waals surface area contributed by atoms with E-state index < -0.39 is 29.9 Å². The number of nitrogens with zero attached hydrogens (tertiary/aromatic N) is 1. The third-order valence-electron chi connectivity index (χ3n) is 3.47. The van der Waals surface area contributed by atoms with Crippen molar-refractivity contribution in [1.29, 1.82) is 0 Å². The van der Waals surface area contributed by atoms with E-state index in [0.717, 1.165) is 12.2 Å². The Morgan fingerprint density at radius 1 is 1.50 bits per heavy atom. The minimum absolute atomic E-state index is 0.128. The molecule has 2 aliphatic rings. The number of fused-ring (bicyclic) bond motifs is 1. The van der Waals surface area contributed by atoms with Crippen LogP contribution in [0, 0.1) is 0 Å². The van der Waals surface area contributed by atoms with Gasteiger partial charge in [0.05, 0.1) is 13.2 Å². The molecule has 0 bridgehead atoms. The molecule has 0 amide bonds. The lowest BCUT2D eigenvalue weighted by Crippen LogP contribution is -2.62. The van der Waals surface area contributed by atoms with Gasteiger partial charge in [0.1, 0.15) is 0 Å². The van der Waals surface area contributed by atoms with Crippen LogP contribution in [-0.4, -0.2) is 53.7 Å². The summed E-state index contributed by atoms with van der Waals surface area (Å²) in [6, 6.07) is -1.25. The molecule has 3 atom stereocenters. The van der Waals surface area contributed by atoms with Crippen LogP contribution in [0.3, 0.4) is 0 Å². The molecule has 2 fully saturated rings. The van der Waals surface area contributed by atoms with Gasteiger partial charge in [0, 0.05) is 6.54 Å². The Bertz CT molecular complexity index is 349. The Labute approximate surface area is 101 Å². The Balaban J connectivity index is 2.38. The molecule has 18 heavy (non-hydrogen) atoms. The fraction of sp³-hybridized carbons (Fsp3) is 0.900. The van der Waals surface area contributed by atoms with E-state index in [-0.39, 0.29) is 13.0 Å². The zero-order valence-electron chi connectivity index (χ0n) is 9.74. The lowest BCUT2D eigenvalue weighted by atomic mass is 9.84. The van der Waals surface area contributed by atoms with Crippen molar-refractivity contribution in [3.63, 3.8) is 0 Å². The summed E-state index contributed by atoms with van der Waals surface area (Å²) in [5.74, 6) is -1.22. The quantitative estimate of drug-likeness (QED) is 0.707. The maximum atomic E-state index is 13.1. The van der Waals surface area contributed by atoms with E-state index in [1.807, 2.05) is 0 Å². The molecule has 0 spiro atoms. The third-order valence-corrected chi connectivity index (χ3v) is 3.47. The van der Waals surface area contributed by atoms with Crippen molar-refractivity contribution in [2.75, 3.05) is 13.7 Å². The number of alkyl halides is 3. The standard InChI is InChI=1S/C10H14F3NO4/c1-17-8(15)7-9(16,10(11,12)13)6-4-2-3-5-14(6)18-7/h6-7,16H,2-5H2,1H3/t6-,7-,9-/m0/s1. The minimum Gasteiger partial charge on any atom is -0.467 e. The van der Waals surface area contributed by atoms with Gasteiger partial charge in [-0.2, -0.15) is 18.2 Å². The van der Waals surface area contributed by atoms with Gasteiger partial charge in [-0.25, -0.2) is 4.79 Å². The molecule has 0 aromatic carbocycles. The summed E-state index contributed by atoms with van der Waals surface area (Å²) in [5, 5.41) is 11.0. The second-order valence-corrected chi connectivity index (χ2v) is 4.48. The monoisotopic (exact) mass is 269 g/mol. The molecule has 2 rings (SSSR count). The van der Waals surface area contributed by atoms with E-state index >= 15 is 0 Å². The molecule has 0 unspecified atom stereocenters. The molecule has 2 aliphatic heterocycles. The van der Waals surface area contributed by atoms with Gasteiger partial charge in [-0.15, -0.1) is 0 Å². The summed E-state index contributed by atoms with van der Waals surface area (Å²) in [5.41, 5.74) is -3.21. The molecule has 5 nitrogen and oxygen atoms in total. The van der Waals surface area contributed by atoms with Crippen LogP contribution in [0.2, 0.25) is 0 Å². The average Bonchev–Trinajstić information content (AvgIpc) is 2.63. The number of rotatable bonds is 1. The van der Waals surface area contributed by atoms with Gasteiger partial charge in [-0.3, -0.25) is 4.84 Å². The SMILES string of the molecule is COC(=O)[C@@H]1ON2CCCC[C@H]2[C@@]1(O)C(F)(F)F. The van der Waals surface area contributed by atoms with E-state index in [4.69, 9.17) is 4.84 Å². The van der Waals surface area contributed by atoms with Gasteiger partial charge >= 0.3 is 12.1 Å². The van der Waals surface area contributed by atoms with E-state index in [0.29, 0.717) is 12.8 Å². The molecule has 0 radical (unpaired) electrons. The summed E-state index contributed by atoms with van der Waals surface area (Å²) >= 11 is 0. The summed E-state index contributed by atoms with van der Waals surface area (Å²) in [6.07, 6.45) is -5.66. The zero-order chi connectivity index (χ0) is 13.6. The minimum atomic E-state index is -4.96. The highest BCUT2D eigenvalue weighted by Crippen LogP contribution is 2.47. The van der Waals surface area contributed by atoms with Gasteiger partial charge in [0.15, 0.2) is 0 Å². The first-order chi connectivity index (χ1) is 8.32. The van der Waals surface area contributed by atoms with Crippen LogP contribution in [0.5, 0.6) is 0 Å². The number of halogens is 3. The number of hydrogen-bond acceptors (Lipinski definition) is 5. The molecule has 1 N–H and O–H groups in total. The van der Waals surface area contributed by atoms with Crippen molar-refractivity contribution >= 4 is 5.97 Å². The number of hydroxylamine groups is 2. The highest BCUT2D eigenvalue weighted by Gasteiger charge is 2.72. The van der Waals surface area contributed by atoms with Gasteiger partial charge in [-0.05, 0) is 12.8 Å². The zero-order valence-corrected chi connectivity index (χ0v) is 9.74. The Morgan fingerprint density at radius 2 is 2.17 bits per heavy atom. The van der Waals surface area contributed by atoms with Gasteiger partial charge in [0.25, 0.3) is 0 Å². The maximum absolute atomic E-state index is 13.1. The largest absolute Gasteiger partial charge is 0.467 e. The van der Waals surface area contributed by atoms with Crippen molar-refractivity contribution in [3.05, 3.63) is 0 Å². The van der Waals surface area contributed by atoms with Crippen molar-refractivity contribution in [2.24, 2.45) is 0 Å². The van der Waals surface area contributed by atoms with Crippen molar-refractivity contribution in [3.8, 4) is 0 Å². The first-order valence-corrected chi connectivity index (χ1v) is 5.62. The number of esters is 1. The molecule has 0 aromatic heterocycles. The summed E-state index contributed by atoms with van der Waals surface area (Å²) < 4.78 is 43.6. The van der Waals surface area contributed by atoms with Crippen LogP contribution in [0.1, 0.15) is 19.3 Å². The number of piperidine rings is 1. The Kier molecular flexibility index (Phi) is 3.28. The number of carbonyl (C=O) groups excluding carboxylic acids is 1. The number of hydrogen-bond donors (Lipinski definition) is 1. The van der Waals surface area contributed by atoms with E-state index in [1.165, 1.54) is 0 Å². The molecule has 104 valence electrons. The van der Waals surface area contributed by atoms with Crippen molar-refractivity contribution < 1.29 is 32.6 Å². The number of methoxy groups -OCH3 is 1. The predicted molar refractivity (Wildman–Crippen MR) is 52.2 cm³/mol. The van der Waals surface area contributed by atoms with Crippen LogP contribution >= 0.6 is 0 Å². The maximum Gasteiger partial charge on any atom is 0.422 e. The fourth-order valence-corrected chi connectivity index (χ4v) is 2.53. The fourth-order valence-electron chi connectivity index (χ4n) is 2.53. The van der Waals surface area contributed by atoms with E-state index in [1.54, 1.807) is 0 Å². The molecule has 0 aliphatic carbocycles. The van der Waals surface area contributed by atoms with Crippen molar-refractivity contribution in [2.45, 2.75) is 43.2 Å². The van der Waals surface area contributed by atoms with Crippen LogP contribution < -0.4 is 0 Å². The van der Waals surface area contributed by atoms with Crippen LogP contribution in [-0.2, 0) is 14.4 Å². The molecule has 2 heterocycles. The molecule has 0 saturated carbocycles. The predicted octanol–water partition coefficient (Wildman–Crippen LogP) is 0.621. The number of aliphatic hydroxyl groups is 1. The highest BCUT2D eigenvalue weighted by molar-refractivity contribution is 5.77. The van der Waals surface area contributed by atoms with Gasteiger partial charge < -0.3 is 9.84 Å². The summed E-state index contributed by atoms with van der Waals surface area (Å²) in [7, 11) is 0.958. The molecule has 0 aromatic rings. The smallest absolute Gasteiger partial charge is 0.422 e. The Hall–Kier alpha value is -0.860. The van der Waals surface area contributed by atoms with Crippen LogP contribution in [0.15, 0.2) is 0 Å². The molecule has 8 heteroatoms. The molecule has 2 saturated heterocycles. The van der Waals surface area contributed by atoms with E-state index in [2.05, 4.69) is 4.74 Å². The normalized spacial score (nSPS) is 37.4. The summed E-state index contributed by atoms with van der Waals surface area (Å²) in [6.45, 7) is 0.260. The Morgan fingerprint density at radius 3 is 2.72 bits per heavy atom. The summed E-state index contributed by atoms with van der Waals surface area (Å²) in [4.78, 5) is 16.3. The number of carbonyl (C=O) groups is 1. The first kappa shape index (κ1) is 13.6. The topological polar surface area (TPSA) is 59.0 Å². The lowest BCUT2D eigenvalue weighted by molar-refractivity contribution is -0.277. The van der Waals surface area contributed by atoms with Gasteiger partial charge in [0.2, 0.25) is 11.7 Å². The van der Waals surface area contributed by atoms with Gasteiger partial charge in [-0.1, -0.05) is 6.42 Å².